The van der Waals surface area contributed by atoms with Crippen LogP contribution in [0.2, 0.25) is 0 Å². The van der Waals surface area contributed by atoms with Crippen molar-refractivity contribution in [2.45, 2.75) is 6.92 Å². The Balaban J connectivity index is 3.35. The van der Waals surface area contributed by atoms with E-state index in [9.17, 15) is 9.59 Å². The molecule has 0 aliphatic heterocycles. The summed E-state index contributed by atoms with van der Waals surface area (Å²) in [6, 6.07) is 0. The fourth-order valence-corrected chi connectivity index (χ4v) is 0.806. The summed E-state index contributed by atoms with van der Waals surface area (Å²) < 4.78 is 0. The van der Waals surface area contributed by atoms with Crippen LogP contribution in [0.4, 0.5) is 0 Å². The number of aromatic carboxylic acids is 1. The molecule has 0 aliphatic rings. The number of aryl methyl sites for hydroxylation is 1. The van der Waals surface area contributed by atoms with Crippen molar-refractivity contribution in [3.05, 3.63) is 23.3 Å². The van der Waals surface area contributed by atoms with Gasteiger partial charge in [-0.15, -0.1) is 0 Å². The molecule has 0 saturated carbocycles. The van der Waals surface area contributed by atoms with E-state index in [1.165, 1.54) is 6.20 Å². The molecule has 0 spiro atoms. The third kappa shape index (κ3) is 1.78. The van der Waals surface area contributed by atoms with Gasteiger partial charge in [-0.1, -0.05) is 0 Å². The molecule has 1 heterocycles. The van der Waals surface area contributed by atoms with Crippen LogP contribution in [0.25, 0.3) is 0 Å². The van der Waals surface area contributed by atoms with Crippen molar-refractivity contribution in [2.24, 2.45) is 5.73 Å². The third-order valence-electron chi connectivity index (χ3n) is 1.33. The van der Waals surface area contributed by atoms with Gasteiger partial charge in [-0.2, -0.15) is 0 Å². The minimum Gasteiger partial charge on any atom is -0.476 e. The zero-order valence-corrected chi connectivity index (χ0v) is 6.81. The molecule has 0 radical (unpaired) electrons. The Morgan fingerprint density at radius 1 is 1.46 bits per heavy atom. The Hall–Kier alpha value is -1.98. The molecule has 1 amide bonds. The van der Waals surface area contributed by atoms with E-state index in [1.807, 2.05) is 0 Å². The topological polar surface area (TPSA) is 106 Å². The highest BCUT2D eigenvalue weighted by Crippen LogP contribution is 2.02. The minimum absolute atomic E-state index is 0.312. The molecular formula is C7H7N3O3. The maximum atomic E-state index is 10.7. The van der Waals surface area contributed by atoms with Crippen molar-refractivity contribution < 1.29 is 14.7 Å². The summed E-state index contributed by atoms with van der Waals surface area (Å²) in [4.78, 5) is 28.5. The lowest BCUT2D eigenvalue weighted by molar-refractivity contribution is 0.0684. The first-order chi connectivity index (χ1) is 6.02. The largest absolute Gasteiger partial charge is 0.476 e. The number of carbonyl (C=O) groups is 2. The van der Waals surface area contributed by atoms with E-state index in [0.29, 0.717) is 5.69 Å². The van der Waals surface area contributed by atoms with Gasteiger partial charge in [0.1, 0.15) is 0 Å². The molecule has 1 rings (SSSR count). The van der Waals surface area contributed by atoms with Gasteiger partial charge in [0.25, 0.3) is 5.91 Å². The molecule has 0 aliphatic carbocycles. The molecule has 6 nitrogen and oxygen atoms in total. The Kier molecular flexibility index (Phi) is 2.23. The molecule has 13 heavy (non-hydrogen) atoms. The molecule has 3 N–H and O–H groups in total. The monoisotopic (exact) mass is 181 g/mol. The summed E-state index contributed by atoms with van der Waals surface area (Å²) in [5, 5.41) is 8.60. The maximum absolute atomic E-state index is 10.7. The summed E-state index contributed by atoms with van der Waals surface area (Å²) in [6.45, 7) is 1.59. The number of hydrogen-bond donors (Lipinski definition) is 2. The van der Waals surface area contributed by atoms with E-state index in [2.05, 4.69) is 9.97 Å². The Labute approximate surface area is 73.4 Å². The number of rotatable bonds is 2. The van der Waals surface area contributed by atoms with E-state index in [-0.39, 0.29) is 5.69 Å². The number of aromatic nitrogens is 2. The molecular weight excluding hydrogens is 174 g/mol. The second-order valence-corrected chi connectivity index (χ2v) is 2.38. The molecule has 0 unspecified atom stereocenters. The van der Waals surface area contributed by atoms with E-state index in [4.69, 9.17) is 10.8 Å². The van der Waals surface area contributed by atoms with Crippen LogP contribution in [0.1, 0.15) is 26.7 Å². The second-order valence-electron chi connectivity index (χ2n) is 2.38. The van der Waals surface area contributed by atoms with Crippen molar-refractivity contribution in [1.29, 1.82) is 0 Å². The number of carbonyl (C=O) groups excluding carboxylic acids is 1. The molecule has 1 aromatic heterocycles. The van der Waals surface area contributed by atoms with Gasteiger partial charge >= 0.3 is 5.97 Å². The zero-order valence-electron chi connectivity index (χ0n) is 6.81. The van der Waals surface area contributed by atoms with Crippen LogP contribution >= 0.6 is 0 Å². The SMILES string of the molecule is Cc1cnc(C(=O)O)c(C(N)=O)n1. The fourth-order valence-electron chi connectivity index (χ4n) is 0.806. The van der Waals surface area contributed by atoms with Crippen LogP contribution in [-0.4, -0.2) is 27.0 Å². The predicted molar refractivity (Wildman–Crippen MR) is 42.2 cm³/mol. The first kappa shape index (κ1) is 9.11. The molecule has 6 heteroatoms. The standard InChI is InChI=1S/C7H7N3O3/c1-3-2-9-5(7(12)13)4(10-3)6(8)11/h2H,1H3,(H2,8,11)(H,12,13). The molecule has 0 bridgehead atoms. The summed E-state index contributed by atoms with van der Waals surface area (Å²) in [5.74, 6) is -2.21. The van der Waals surface area contributed by atoms with Gasteiger partial charge in [0, 0.05) is 6.20 Å². The highest BCUT2D eigenvalue weighted by molar-refractivity contribution is 6.01. The number of nitrogens with zero attached hydrogens (tertiary/aromatic N) is 2. The van der Waals surface area contributed by atoms with Gasteiger partial charge in [-0.05, 0) is 6.92 Å². The highest BCUT2D eigenvalue weighted by atomic mass is 16.4. The summed E-state index contributed by atoms with van der Waals surface area (Å²) >= 11 is 0. The second kappa shape index (κ2) is 3.18. The number of carboxylic acids is 1. The van der Waals surface area contributed by atoms with Gasteiger partial charge in [0.15, 0.2) is 11.4 Å². The van der Waals surface area contributed by atoms with Gasteiger partial charge < -0.3 is 10.8 Å². The van der Waals surface area contributed by atoms with E-state index in [0.717, 1.165) is 0 Å². The van der Waals surface area contributed by atoms with Crippen LogP contribution in [0.3, 0.4) is 0 Å². The number of carboxylic acid groups (broad SMARTS) is 1. The van der Waals surface area contributed by atoms with Gasteiger partial charge in [0.2, 0.25) is 0 Å². The first-order valence-corrected chi connectivity index (χ1v) is 3.39. The molecule has 1 aromatic rings. The van der Waals surface area contributed by atoms with Crippen molar-refractivity contribution in [3.63, 3.8) is 0 Å². The van der Waals surface area contributed by atoms with Crippen molar-refractivity contribution in [2.75, 3.05) is 0 Å². The molecule has 0 atom stereocenters. The van der Waals surface area contributed by atoms with E-state index < -0.39 is 17.6 Å². The quantitative estimate of drug-likeness (QED) is 0.644. The zero-order chi connectivity index (χ0) is 10.0. The lowest BCUT2D eigenvalue weighted by atomic mass is 10.3. The van der Waals surface area contributed by atoms with Crippen molar-refractivity contribution >= 4 is 11.9 Å². The van der Waals surface area contributed by atoms with Gasteiger partial charge in [-0.3, -0.25) is 4.79 Å². The van der Waals surface area contributed by atoms with Crippen LogP contribution in [0, 0.1) is 6.92 Å². The summed E-state index contributed by atoms with van der Waals surface area (Å²) in [5.41, 5.74) is 4.63. The lowest BCUT2D eigenvalue weighted by Gasteiger charge is -2.00. The Morgan fingerprint density at radius 2 is 2.08 bits per heavy atom. The molecule has 0 saturated heterocycles. The maximum Gasteiger partial charge on any atom is 0.356 e. The smallest absolute Gasteiger partial charge is 0.356 e. The van der Waals surface area contributed by atoms with Crippen LogP contribution < -0.4 is 5.73 Å². The van der Waals surface area contributed by atoms with Gasteiger partial charge in [-0.25, -0.2) is 14.8 Å². The van der Waals surface area contributed by atoms with Crippen molar-refractivity contribution in [3.8, 4) is 0 Å². The average Bonchev–Trinajstić information content (AvgIpc) is 2.03. The summed E-state index contributed by atoms with van der Waals surface area (Å²) in [6.07, 6.45) is 1.26. The molecule has 0 fully saturated rings. The summed E-state index contributed by atoms with van der Waals surface area (Å²) in [7, 11) is 0. The minimum atomic E-state index is -1.32. The van der Waals surface area contributed by atoms with Crippen molar-refractivity contribution in [1.82, 2.24) is 9.97 Å². The lowest BCUT2D eigenvalue weighted by Crippen LogP contribution is -2.20. The van der Waals surface area contributed by atoms with E-state index in [1.54, 1.807) is 6.92 Å². The number of nitrogens with two attached hydrogens (primary N) is 1. The number of hydrogen-bond acceptors (Lipinski definition) is 4. The van der Waals surface area contributed by atoms with Crippen LogP contribution in [-0.2, 0) is 0 Å². The first-order valence-electron chi connectivity index (χ1n) is 3.39. The van der Waals surface area contributed by atoms with Gasteiger partial charge in [0.05, 0.1) is 5.69 Å². The highest BCUT2D eigenvalue weighted by Gasteiger charge is 2.17. The molecule has 68 valence electrons. The predicted octanol–water partition coefficient (Wildman–Crippen LogP) is -0.418. The number of primary amides is 1. The molecule has 0 aromatic carbocycles. The van der Waals surface area contributed by atoms with Crippen LogP contribution in [0.5, 0.6) is 0 Å². The van der Waals surface area contributed by atoms with E-state index >= 15 is 0 Å². The third-order valence-corrected chi connectivity index (χ3v) is 1.33. The Morgan fingerprint density at radius 3 is 2.54 bits per heavy atom. The average molecular weight is 181 g/mol. The Bertz CT molecular complexity index is 375. The van der Waals surface area contributed by atoms with Crippen LogP contribution in [0.15, 0.2) is 6.20 Å². The fraction of sp³-hybridized carbons (Fsp3) is 0.143. The number of amides is 1. The normalized spacial score (nSPS) is 9.62.